The van der Waals surface area contributed by atoms with E-state index >= 15 is 0 Å². The van der Waals surface area contributed by atoms with Crippen LogP contribution in [0.1, 0.15) is 111 Å². The van der Waals surface area contributed by atoms with Crippen LogP contribution in [0.15, 0.2) is 30.6 Å². The van der Waals surface area contributed by atoms with Gasteiger partial charge in [-0.3, -0.25) is 0 Å². The van der Waals surface area contributed by atoms with Crippen molar-refractivity contribution in [3.63, 3.8) is 0 Å². The maximum atomic E-state index is 12.5. The summed E-state index contributed by atoms with van der Waals surface area (Å²) in [5, 5.41) is 23.2. The van der Waals surface area contributed by atoms with E-state index < -0.39 is 5.60 Å². The van der Waals surface area contributed by atoms with Crippen LogP contribution < -0.4 is 17.0 Å². The molecule has 36 heavy (non-hydrogen) atoms. The minimum absolute atomic E-state index is 0. The fraction of sp³-hybridized carbons (Fsp3) is 0.844. The molecule has 0 unspecified atom stereocenters. The number of halogens is 1. The lowest BCUT2D eigenvalue weighted by molar-refractivity contribution is -0.747. The van der Waals surface area contributed by atoms with Crippen LogP contribution in [-0.4, -0.2) is 21.9 Å². The summed E-state index contributed by atoms with van der Waals surface area (Å²) in [7, 11) is 0. The lowest BCUT2D eigenvalue weighted by Gasteiger charge is -2.64. The Bertz CT molecular complexity index is 878. The molecule has 0 aliphatic heterocycles. The van der Waals surface area contributed by atoms with Crippen molar-refractivity contribution >= 4 is 0 Å². The van der Waals surface area contributed by atoms with Crippen molar-refractivity contribution in [2.75, 3.05) is 0 Å². The van der Waals surface area contributed by atoms with Gasteiger partial charge in [0.05, 0.1) is 6.10 Å². The van der Waals surface area contributed by atoms with Gasteiger partial charge in [-0.25, -0.2) is 0 Å². The van der Waals surface area contributed by atoms with Crippen molar-refractivity contribution < 1.29 is 27.2 Å². The highest BCUT2D eigenvalue weighted by molar-refractivity contribution is 5.16. The molecule has 4 aliphatic carbocycles. The molecule has 1 aromatic rings. The van der Waals surface area contributed by atoms with Gasteiger partial charge in [0, 0.05) is 30.4 Å². The summed E-state index contributed by atoms with van der Waals surface area (Å²) in [6.45, 7) is 12.3. The molecule has 10 atom stereocenters. The molecule has 1 heterocycles. The number of rotatable bonds is 6. The Morgan fingerprint density at radius 3 is 2.33 bits per heavy atom. The van der Waals surface area contributed by atoms with Crippen molar-refractivity contribution in [2.45, 2.75) is 123 Å². The number of fused-ring (bicyclic) bond motifs is 5. The molecular formula is C32H52ClNO2. The van der Waals surface area contributed by atoms with Gasteiger partial charge in [0.2, 0.25) is 0 Å². The van der Waals surface area contributed by atoms with Gasteiger partial charge in [-0.05, 0) is 79.4 Å². The van der Waals surface area contributed by atoms with Crippen molar-refractivity contribution in [1.29, 1.82) is 0 Å². The summed E-state index contributed by atoms with van der Waals surface area (Å²) in [5.41, 5.74) is -0.511. The first-order valence-electron chi connectivity index (χ1n) is 15.0. The number of aliphatic hydroxyl groups is 2. The van der Waals surface area contributed by atoms with Crippen molar-refractivity contribution in [1.82, 2.24) is 0 Å². The second kappa shape index (κ2) is 10.5. The number of hydrogen-bond acceptors (Lipinski definition) is 2. The number of pyridine rings is 1. The molecule has 0 radical (unpaired) electrons. The first-order chi connectivity index (χ1) is 16.6. The first kappa shape index (κ1) is 28.4. The van der Waals surface area contributed by atoms with Gasteiger partial charge >= 0.3 is 0 Å². The van der Waals surface area contributed by atoms with E-state index in [0.29, 0.717) is 23.7 Å². The van der Waals surface area contributed by atoms with E-state index in [-0.39, 0.29) is 30.0 Å². The second-order valence-corrected chi connectivity index (χ2v) is 14.2. The predicted octanol–water partition coefficient (Wildman–Crippen LogP) is 3.73. The second-order valence-electron chi connectivity index (χ2n) is 14.2. The van der Waals surface area contributed by atoms with Gasteiger partial charge < -0.3 is 22.6 Å². The average molecular weight is 518 g/mol. The molecule has 0 spiro atoms. The highest BCUT2D eigenvalue weighted by Gasteiger charge is 2.70. The molecule has 0 saturated heterocycles. The molecule has 4 fully saturated rings. The Hall–Kier alpha value is -0.640. The zero-order chi connectivity index (χ0) is 25.0. The Kier molecular flexibility index (Phi) is 8.27. The summed E-state index contributed by atoms with van der Waals surface area (Å²) < 4.78 is 2.29. The number of aromatic nitrogens is 1. The Morgan fingerprint density at radius 1 is 0.917 bits per heavy atom. The molecule has 4 heteroatoms. The average Bonchev–Trinajstić information content (AvgIpc) is 3.17. The SMILES string of the molecule is CC(C)CCC[C@@H](C)[C@H]1CC[C@H]2[C@@H]3C[C@@H]([n+]4ccccc4)[C@@]4(O)C[C@@H](O)CC[C@]4(C)[C@H]3CC[C@]12C.[Cl-]. The maximum absolute atomic E-state index is 12.5. The highest BCUT2D eigenvalue weighted by Crippen LogP contribution is 2.70. The van der Waals surface area contributed by atoms with Crippen LogP contribution >= 0.6 is 0 Å². The molecule has 0 bridgehead atoms. The van der Waals surface area contributed by atoms with Gasteiger partial charge in [0.1, 0.15) is 5.60 Å². The van der Waals surface area contributed by atoms with Crippen LogP contribution in [0.25, 0.3) is 0 Å². The van der Waals surface area contributed by atoms with Crippen molar-refractivity contribution in [2.24, 2.45) is 46.3 Å². The maximum Gasteiger partial charge on any atom is 0.187 e. The minimum Gasteiger partial charge on any atom is -1.00 e. The van der Waals surface area contributed by atoms with Gasteiger partial charge in [0.15, 0.2) is 18.4 Å². The third-order valence-corrected chi connectivity index (χ3v) is 12.1. The zero-order valence-corrected chi connectivity index (χ0v) is 24.3. The fourth-order valence-corrected chi connectivity index (χ4v) is 10.3. The predicted molar refractivity (Wildman–Crippen MR) is 142 cm³/mol. The van der Waals surface area contributed by atoms with Crippen LogP contribution in [0.2, 0.25) is 0 Å². The summed E-state index contributed by atoms with van der Waals surface area (Å²) >= 11 is 0. The van der Waals surface area contributed by atoms with E-state index in [0.717, 1.165) is 42.9 Å². The molecule has 5 rings (SSSR count). The Balaban J connectivity index is 0.00000304. The third-order valence-electron chi connectivity index (χ3n) is 12.1. The van der Waals surface area contributed by atoms with E-state index in [1.807, 2.05) is 0 Å². The molecule has 0 amide bonds. The zero-order valence-electron chi connectivity index (χ0n) is 23.5. The number of nitrogens with zero attached hydrogens (tertiary/aromatic N) is 1. The molecule has 2 N–H and O–H groups in total. The van der Waals surface area contributed by atoms with Crippen molar-refractivity contribution in [3.8, 4) is 0 Å². The largest absolute Gasteiger partial charge is 1.00 e. The smallest absolute Gasteiger partial charge is 0.187 e. The van der Waals surface area contributed by atoms with Crippen molar-refractivity contribution in [3.05, 3.63) is 30.6 Å². The molecule has 0 aromatic carbocycles. The van der Waals surface area contributed by atoms with E-state index in [1.54, 1.807) is 0 Å². The van der Waals surface area contributed by atoms with Crippen LogP contribution in [-0.2, 0) is 0 Å². The Morgan fingerprint density at radius 2 is 1.64 bits per heavy atom. The number of hydrogen-bond donors (Lipinski definition) is 2. The quantitative estimate of drug-likeness (QED) is 0.565. The van der Waals surface area contributed by atoms with Gasteiger partial charge in [-0.2, -0.15) is 4.57 Å². The molecule has 1 aromatic heterocycles. The minimum atomic E-state index is -0.840. The van der Waals surface area contributed by atoms with Gasteiger partial charge in [0.25, 0.3) is 0 Å². The van der Waals surface area contributed by atoms with Crippen LogP contribution in [0.3, 0.4) is 0 Å². The van der Waals surface area contributed by atoms with Crippen LogP contribution in [0, 0.1) is 46.3 Å². The Labute approximate surface area is 226 Å². The molecular weight excluding hydrogens is 466 g/mol. The van der Waals surface area contributed by atoms with Gasteiger partial charge in [-0.1, -0.05) is 59.9 Å². The fourth-order valence-electron chi connectivity index (χ4n) is 10.3. The normalized spacial score (nSPS) is 44.8. The molecule has 3 nitrogen and oxygen atoms in total. The molecule has 204 valence electrons. The standard InChI is InChI=1S/C32H52NO2.ClH/c1-22(2)10-9-11-23(3)26-12-13-27-25-20-29(33-18-7-6-8-19-33)32(35)21-24(34)14-17-31(32,5)28(25)15-16-30(26,27)4;/h6-8,18-19,22-29,34-35H,9-17,20-21H2,1-5H3;1H/q+1;/p-1/t23-,24+,25+,26-,27+,28+,29-,30-,31-,32+;/m1./s1. The van der Waals surface area contributed by atoms with E-state index in [2.05, 4.69) is 69.8 Å². The molecule has 4 saturated carbocycles. The number of aliphatic hydroxyl groups excluding tert-OH is 1. The van der Waals surface area contributed by atoms with Crippen LogP contribution in [0.5, 0.6) is 0 Å². The lowest BCUT2D eigenvalue weighted by Crippen LogP contribution is -3.00. The van der Waals surface area contributed by atoms with Gasteiger partial charge in [-0.15, -0.1) is 0 Å². The first-order valence-corrected chi connectivity index (χ1v) is 15.0. The van der Waals surface area contributed by atoms with Crippen LogP contribution in [0.4, 0.5) is 0 Å². The molecule has 4 aliphatic rings. The summed E-state index contributed by atoms with van der Waals surface area (Å²) in [4.78, 5) is 0. The van der Waals surface area contributed by atoms with E-state index in [1.165, 1.54) is 44.9 Å². The van der Waals surface area contributed by atoms with E-state index in [9.17, 15) is 10.2 Å². The monoisotopic (exact) mass is 517 g/mol. The third kappa shape index (κ3) is 4.47. The lowest BCUT2D eigenvalue weighted by atomic mass is 9.42. The summed E-state index contributed by atoms with van der Waals surface area (Å²) in [6, 6.07) is 6.32. The van der Waals surface area contributed by atoms with E-state index in [4.69, 9.17) is 0 Å². The topological polar surface area (TPSA) is 44.3 Å². The summed E-state index contributed by atoms with van der Waals surface area (Å²) in [5.74, 6) is 4.52. The highest BCUT2D eigenvalue weighted by atomic mass is 35.5. The summed E-state index contributed by atoms with van der Waals surface area (Å²) in [6.07, 6.45) is 16.8.